The summed E-state index contributed by atoms with van der Waals surface area (Å²) >= 11 is 0. The minimum absolute atomic E-state index is 0. The third-order valence-corrected chi connectivity index (χ3v) is 4.08. The molecule has 1 saturated carbocycles. The maximum Gasteiger partial charge on any atom is 0.227 e. The van der Waals surface area contributed by atoms with Gasteiger partial charge in [0, 0.05) is 25.9 Å². The zero-order chi connectivity index (χ0) is 14.6. The van der Waals surface area contributed by atoms with Crippen molar-refractivity contribution >= 4 is 18.3 Å². The molecule has 2 N–H and O–H groups in total. The van der Waals surface area contributed by atoms with E-state index in [1.165, 1.54) is 0 Å². The molecule has 2 rings (SSSR count). The van der Waals surface area contributed by atoms with Crippen LogP contribution >= 0.6 is 12.4 Å². The molecule has 1 amide bonds. The molecule has 1 aromatic heterocycles. The summed E-state index contributed by atoms with van der Waals surface area (Å²) in [6, 6.07) is 0. The first-order valence-corrected chi connectivity index (χ1v) is 7.48. The summed E-state index contributed by atoms with van der Waals surface area (Å²) in [6.45, 7) is 5.42. The molecule has 7 heteroatoms. The van der Waals surface area contributed by atoms with Gasteiger partial charge < -0.3 is 15.2 Å². The maximum atomic E-state index is 11.9. The van der Waals surface area contributed by atoms with Gasteiger partial charge in [-0.25, -0.2) is 0 Å². The van der Waals surface area contributed by atoms with Crippen LogP contribution in [0.2, 0.25) is 0 Å². The van der Waals surface area contributed by atoms with E-state index < -0.39 is 5.54 Å². The Hall–Kier alpha value is -1.14. The highest BCUT2D eigenvalue weighted by Gasteiger charge is 2.35. The van der Waals surface area contributed by atoms with E-state index in [-0.39, 0.29) is 18.3 Å². The number of nitrogens with two attached hydrogens (primary N) is 1. The van der Waals surface area contributed by atoms with E-state index in [1.54, 1.807) is 4.90 Å². The van der Waals surface area contributed by atoms with Gasteiger partial charge >= 0.3 is 0 Å². The molecule has 0 bridgehead atoms. The highest BCUT2D eigenvalue weighted by atomic mass is 35.5. The summed E-state index contributed by atoms with van der Waals surface area (Å²) in [5.74, 6) is 1.23. The summed E-state index contributed by atoms with van der Waals surface area (Å²) in [7, 11) is 0. The zero-order valence-corrected chi connectivity index (χ0v) is 13.6. The minimum Gasteiger partial charge on any atom is -0.343 e. The normalized spacial score (nSPS) is 16.5. The average molecular weight is 317 g/mol. The molecule has 1 aromatic rings. The van der Waals surface area contributed by atoms with Crippen LogP contribution in [0.25, 0.3) is 0 Å². The fraction of sp³-hybridized carbons (Fsp3) is 0.786. The molecular formula is C14H25ClN4O2. The van der Waals surface area contributed by atoms with Gasteiger partial charge in [0.2, 0.25) is 11.8 Å². The Morgan fingerprint density at radius 1 is 1.33 bits per heavy atom. The lowest BCUT2D eigenvalue weighted by Gasteiger charge is -2.18. The van der Waals surface area contributed by atoms with Gasteiger partial charge in [0.15, 0.2) is 5.82 Å². The van der Waals surface area contributed by atoms with Gasteiger partial charge in [0.05, 0.1) is 5.54 Å². The van der Waals surface area contributed by atoms with E-state index in [9.17, 15) is 4.79 Å². The molecule has 0 atom stereocenters. The molecule has 120 valence electrons. The summed E-state index contributed by atoms with van der Waals surface area (Å²) < 4.78 is 5.23. The second kappa shape index (κ2) is 7.75. The highest BCUT2D eigenvalue weighted by molar-refractivity contribution is 5.85. The quantitative estimate of drug-likeness (QED) is 0.867. The SMILES string of the molecule is CCN(CC)C(=O)CCc1nc(C2(N)CCCC2)no1.Cl. The molecule has 1 heterocycles. The summed E-state index contributed by atoms with van der Waals surface area (Å²) in [6.07, 6.45) is 4.93. The Bertz CT molecular complexity index is 454. The summed E-state index contributed by atoms with van der Waals surface area (Å²) in [5, 5.41) is 4.00. The van der Waals surface area contributed by atoms with Gasteiger partial charge in [-0.2, -0.15) is 4.98 Å². The summed E-state index contributed by atoms with van der Waals surface area (Å²) in [5.41, 5.74) is 5.85. The van der Waals surface area contributed by atoms with Crippen molar-refractivity contribution in [2.75, 3.05) is 13.1 Å². The van der Waals surface area contributed by atoms with E-state index in [2.05, 4.69) is 10.1 Å². The first-order chi connectivity index (χ1) is 9.59. The third kappa shape index (κ3) is 4.17. The molecule has 21 heavy (non-hydrogen) atoms. The smallest absolute Gasteiger partial charge is 0.227 e. The molecule has 0 aromatic carbocycles. The number of amides is 1. The number of hydrogen-bond acceptors (Lipinski definition) is 5. The van der Waals surface area contributed by atoms with Crippen molar-refractivity contribution < 1.29 is 9.32 Å². The molecule has 6 nitrogen and oxygen atoms in total. The van der Waals surface area contributed by atoms with Crippen molar-refractivity contribution in [3.63, 3.8) is 0 Å². The van der Waals surface area contributed by atoms with Crippen LogP contribution in [-0.2, 0) is 16.8 Å². The zero-order valence-electron chi connectivity index (χ0n) is 12.8. The van der Waals surface area contributed by atoms with Gasteiger partial charge in [0.1, 0.15) is 0 Å². The number of halogens is 1. The first-order valence-electron chi connectivity index (χ1n) is 7.48. The number of aromatic nitrogens is 2. The Labute approximate surface area is 131 Å². The minimum atomic E-state index is -0.426. The van der Waals surface area contributed by atoms with Crippen molar-refractivity contribution in [3.05, 3.63) is 11.7 Å². The molecule has 1 aliphatic carbocycles. The first kappa shape index (κ1) is 17.9. The monoisotopic (exact) mass is 316 g/mol. The van der Waals surface area contributed by atoms with E-state index in [0.29, 0.717) is 24.6 Å². The van der Waals surface area contributed by atoms with Crippen LogP contribution < -0.4 is 5.73 Å². The van der Waals surface area contributed by atoms with Gasteiger partial charge in [-0.3, -0.25) is 4.79 Å². The van der Waals surface area contributed by atoms with Crippen LogP contribution in [0.5, 0.6) is 0 Å². The maximum absolute atomic E-state index is 11.9. The van der Waals surface area contributed by atoms with Crippen LogP contribution in [0, 0.1) is 0 Å². The van der Waals surface area contributed by atoms with E-state index in [0.717, 1.165) is 38.8 Å². The van der Waals surface area contributed by atoms with Crippen molar-refractivity contribution in [2.45, 2.75) is 57.9 Å². The van der Waals surface area contributed by atoms with Crippen molar-refractivity contribution in [1.82, 2.24) is 15.0 Å². The molecule has 0 aliphatic heterocycles. The van der Waals surface area contributed by atoms with Crippen LogP contribution in [-0.4, -0.2) is 34.0 Å². The number of aryl methyl sites for hydroxylation is 1. The molecule has 0 spiro atoms. The number of hydrogen-bond donors (Lipinski definition) is 1. The fourth-order valence-electron chi connectivity index (χ4n) is 2.74. The van der Waals surface area contributed by atoms with Gasteiger partial charge in [-0.05, 0) is 26.7 Å². The predicted molar refractivity (Wildman–Crippen MR) is 82.1 cm³/mol. The van der Waals surface area contributed by atoms with Crippen molar-refractivity contribution in [3.8, 4) is 0 Å². The average Bonchev–Trinajstić information content (AvgIpc) is 3.07. The predicted octanol–water partition coefficient (Wildman–Crippen LogP) is 2.02. The molecule has 0 unspecified atom stereocenters. The Balaban J connectivity index is 0.00000220. The van der Waals surface area contributed by atoms with Crippen LogP contribution in [0.15, 0.2) is 4.52 Å². The molecular weight excluding hydrogens is 292 g/mol. The second-order valence-electron chi connectivity index (χ2n) is 5.44. The Kier molecular flexibility index (Phi) is 6.61. The Morgan fingerprint density at radius 2 is 1.95 bits per heavy atom. The number of nitrogens with zero attached hydrogens (tertiary/aromatic N) is 3. The lowest BCUT2D eigenvalue weighted by Crippen LogP contribution is -2.34. The van der Waals surface area contributed by atoms with Crippen LogP contribution in [0.3, 0.4) is 0 Å². The van der Waals surface area contributed by atoms with Crippen molar-refractivity contribution in [1.29, 1.82) is 0 Å². The third-order valence-electron chi connectivity index (χ3n) is 4.08. The lowest BCUT2D eigenvalue weighted by atomic mass is 9.99. The Morgan fingerprint density at radius 3 is 2.52 bits per heavy atom. The van der Waals surface area contributed by atoms with Gasteiger partial charge in [-0.1, -0.05) is 18.0 Å². The van der Waals surface area contributed by atoms with E-state index in [4.69, 9.17) is 10.3 Å². The highest BCUT2D eigenvalue weighted by Crippen LogP contribution is 2.34. The largest absolute Gasteiger partial charge is 0.343 e. The molecule has 0 saturated heterocycles. The number of carbonyl (C=O) groups is 1. The summed E-state index contributed by atoms with van der Waals surface area (Å²) in [4.78, 5) is 18.1. The van der Waals surface area contributed by atoms with Gasteiger partial charge in [-0.15, -0.1) is 12.4 Å². The number of carbonyl (C=O) groups excluding carboxylic acids is 1. The fourth-order valence-corrected chi connectivity index (χ4v) is 2.74. The topological polar surface area (TPSA) is 85.2 Å². The van der Waals surface area contributed by atoms with Crippen molar-refractivity contribution in [2.24, 2.45) is 5.73 Å². The molecule has 1 fully saturated rings. The lowest BCUT2D eigenvalue weighted by molar-refractivity contribution is -0.130. The van der Waals surface area contributed by atoms with Crippen LogP contribution in [0.4, 0.5) is 0 Å². The second-order valence-corrected chi connectivity index (χ2v) is 5.44. The molecule has 0 radical (unpaired) electrons. The molecule has 1 aliphatic rings. The van der Waals surface area contributed by atoms with E-state index in [1.807, 2.05) is 13.8 Å². The van der Waals surface area contributed by atoms with Crippen LogP contribution in [0.1, 0.15) is 57.7 Å². The standard InChI is InChI=1S/C14H24N4O2.ClH/c1-3-18(4-2)12(19)8-7-11-16-13(17-20-11)14(15)9-5-6-10-14;/h3-10,15H2,1-2H3;1H. The van der Waals surface area contributed by atoms with E-state index >= 15 is 0 Å². The number of rotatable bonds is 6. The van der Waals surface area contributed by atoms with Gasteiger partial charge in [0.25, 0.3) is 0 Å².